The summed E-state index contributed by atoms with van der Waals surface area (Å²) in [7, 11) is 0. The largest absolute Gasteiger partial charge is 0.387 e. The molecule has 0 bridgehead atoms. The van der Waals surface area contributed by atoms with E-state index in [2.05, 4.69) is 15.5 Å². The van der Waals surface area contributed by atoms with E-state index in [-0.39, 0.29) is 5.91 Å². The molecule has 0 saturated carbocycles. The third kappa shape index (κ3) is 3.49. The molecule has 2 aromatic rings. The minimum atomic E-state index is -0.786. The Bertz CT molecular complexity index is 595. The van der Waals surface area contributed by atoms with Gasteiger partial charge in [0.2, 0.25) is 0 Å². The first kappa shape index (κ1) is 13.9. The van der Waals surface area contributed by atoms with Crippen LogP contribution in [0.1, 0.15) is 22.8 Å². The smallest absolute Gasteiger partial charge is 0.272 e. The lowest BCUT2D eigenvalue weighted by atomic mass is 10.1. The molecule has 1 aromatic carbocycles. The zero-order valence-electron chi connectivity index (χ0n) is 11.0. The van der Waals surface area contributed by atoms with Crippen molar-refractivity contribution in [1.82, 2.24) is 10.4 Å². The average molecular weight is 269 g/mol. The number of benzene rings is 1. The molecule has 0 fully saturated rings. The van der Waals surface area contributed by atoms with Gasteiger partial charge in [-0.1, -0.05) is 30.3 Å². The summed E-state index contributed by atoms with van der Waals surface area (Å²) in [6.07, 6.45) is 2.26. The Morgan fingerprint density at radius 2 is 1.90 bits per heavy atom. The van der Waals surface area contributed by atoms with E-state index in [1.165, 1.54) is 6.20 Å². The van der Waals surface area contributed by atoms with Gasteiger partial charge in [0.1, 0.15) is 0 Å². The van der Waals surface area contributed by atoms with E-state index < -0.39 is 6.10 Å². The number of nitrogens with zero attached hydrogens (tertiary/aromatic N) is 2. The number of carbonyl (C=O) groups excluding carboxylic acids is 1. The van der Waals surface area contributed by atoms with Crippen molar-refractivity contribution in [3.8, 4) is 0 Å². The molecule has 1 aromatic heterocycles. The maximum Gasteiger partial charge on any atom is 0.272 e. The van der Waals surface area contributed by atoms with Crippen LogP contribution < -0.4 is 5.43 Å². The fourth-order valence-electron chi connectivity index (χ4n) is 1.68. The molecule has 1 heterocycles. The Labute approximate surface area is 117 Å². The van der Waals surface area contributed by atoms with Gasteiger partial charge < -0.3 is 5.11 Å². The summed E-state index contributed by atoms with van der Waals surface area (Å²) in [5.41, 5.74) is 4.00. The molecule has 0 aliphatic carbocycles. The summed E-state index contributed by atoms with van der Waals surface area (Å²) >= 11 is 0. The van der Waals surface area contributed by atoms with Crippen LogP contribution in [0.25, 0.3) is 0 Å². The lowest BCUT2D eigenvalue weighted by molar-refractivity contribution is 0.0954. The number of pyridine rings is 1. The topological polar surface area (TPSA) is 74.6 Å². The highest BCUT2D eigenvalue weighted by Gasteiger charge is 2.11. The normalized spacial score (nSPS) is 12.8. The average Bonchev–Trinajstić information content (AvgIpc) is 2.49. The number of aliphatic hydroxyl groups excluding tert-OH is 1. The van der Waals surface area contributed by atoms with Crippen molar-refractivity contribution in [2.45, 2.75) is 13.0 Å². The first-order valence-electron chi connectivity index (χ1n) is 6.20. The quantitative estimate of drug-likeness (QED) is 0.654. The van der Waals surface area contributed by atoms with Gasteiger partial charge in [-0.3, -0.25) is 9.78 Å². The van der Waals surface area contributed by atoms with Gasteiger partial charge in [0, 0.05) is 18.0 Å². The van der Waals surface area contributed by atoms with E-state index >= 15 is 0 Å². The van der Waals surface area contributed by atoms with Crippen LogP contribution in [0.3, 0.4) is 0 Å². The summed E-state index contributed by atoms with van der Waals surface area (Å²) < 4.78 is 0. The second-order valence-corrected chi connectivity index (χ2v) is 4.22. The van der Waals surface area contributed by atoms with Gasteiger partial charge in [-0.2, -0.15) is 5.10 Å². The third-order valence-electron chi connectivity index (χ3n) is 2.67. The van der Waals surface area contributed by atoms with Crippen LogP contribution in [0.15, 0.2) is 60.0 Å². The van der Waals surface area contributed by atoms with E-state index in [1.807, 2.05) is 30.3 Å². The highest BCUT2D eigenvalue weighted by Crippen LogP contribution is 2.05. The van der Waals surface area contributed by atoms with Gasteiger partial charge in [0.05, 0.1) is 17.4 Å². The number of hydrogen-bond acceptors (Lipinski definition) is 4. The molecule has 20 heavy (non-hydrogen) atoms. The van der Waals surface area contributed by atoms with Crippen molar-refractivity contribution < 1.29 is 9.90 Å². The minimum Gasteiger partial charge on any atom is -0.387 e. The second-order valence-electron chi connectivity index (χ2n) is 4.22. The molecule has 0 aliphatic heterocycles. The monoisotopic (exact) mass is 269 g/mol. The highest BCUT2D eigenvalue weighted by atomic mass is 16.3. The van der Waals surface area contributed by atoms with Crippen molar-refractivity contribution in [1.29, 1.82) is 0 Å². The molecule has 0 saturated heterocycles. The fourth-order valence-corrected chi connectivity index (χ4v) is 1.68. The molecule has 5 nitrogen and oxygen atoms in total. The first-order valence-corrected chi connectivity index (χ1v) is 6.20. The Kier molecular flexibility index (Phi) is 4.57. The van der Waals surface area contributed by atoms with E-state index in [1.54, 1.807) is 25.3 Å². The molecule has 5 heteroatoms. The molecule has 2 rings (SSSR count). The number of hydrazone groups is 1. The van der Waals surface area contributed by atoms with E-state index in [9.17, 15) is 9.90 Å². The summed E-state index contributed by atoms with van der Waals surface area (Å²) in [6.45, 7) is 1.60. The summed E-state index contributed by atoms with van der Waals surface area (Å²) in [4.78, 5) is 15.7. The molecule has 2 N–H and O–H groups in total. The van der Waals surface area contributed by atoms with Crippen molar-refractivity contribution in [2.75, 3.05) is 0 Å². The van der Waals surface area contributed by atoms with Gasteiger partial charge in [-0.15, -0.1) is 0 Å². The maximum atomic E-state index is 11.9. The number of carbonyl (C=O) groups is 1. The van der Waals surface area contributed by atoms with E-state index in [0.717, 1.165) is 5.56 Å². The SMILES string of the molecule is CC(O)C(=NNC(=O)c1cccnc1)c1ccccc1. The fraction of sp³-hybridized carbons (Fsp3) is 0.133. The van der Waals surface area contributed by atoms with Crippen molar-refractivity contribution in [2.24, 2.45) is 5.10 Å². The van der Waals surface area contributed by atoms with Crippen LogP contribution in [-0.4, -0.2) is 27.8 Å². The van der Waals surface area contributed by atoms with Gasteiger partial charge in [0.25, 0.3) is 5.91 Å². The third-order valence-corrected chi connectivity index (χ3v) is 2.67. The molecule has 0 radical (unpaired) electrons. The Hall–Kier alpha value is -2.53. The van der Waals surface area contributed by atoms with Crippen LogP contribution in [-0.2, 0) is 0 Å². The molecule has 0 aliphatic rings. The lowest BCUT2D eigenvalue weighted by Crippen LogP contribution is -2.25. The maximum absolute atomic E-state index is 11.9. The molecule has 1 atom stereocenters. The summed E-state index contributed by atoms with van der Waals surface area (Å²) in [5.74, 6) is -0.368. The number of nitrogens with one attached hydrogen (secondary N) is 1. The molecule has 0 spiro atoms. The van der Waals surface area contributed by atoms with Crippen LogP contribution in [0.4, 0.5) is 0 Å². The molecular weight excluding hydrogens is 254 g/mol. The van der Waals surface area contributed by atoms with Crippen molar-refractivity contribution in [3.63, 3.8) is 0 Å². The van der Waals surface area contributed by atoms with Crippen molar-refractivity contribution >= 4 is 11.6 Å². The Balaban J connectivity index is 2.17. The number of hydrogen-bond donors (Lipinski definition) is 2. The van der Waals surface area contributed by atoms with Crippen LogP contribution >= 0.6 is 0 Å². The number of amides is 1. The predicted octanol–water partition coefficient (Wildman–Crippen LogP) is 1.60. The lowest BCUT2D eigenvalue weighted by Gasteiger charge is -2.09. The first-order chi connectivity index (χ1) is 9.68. The predicted molar refractivity (Wildman–Crippen MR) is 76.4 cm³/mol. The summed E-state index contributed by atoms with van der Waals surface area (Å²) in [6, 6.07) is 12.5. The van der Waals surface area contributed by atoms with Crippen LogP contribution in [0.2, 0.25) is 0 Å². The zero-order valence-corrected chi connectivity index (χ0v) is 11.0. The Morgan fingerprint density at radius 1 is 1.20 bits per heavy atom. The molecule has 1 unspecified atom stereocenters. The van der Waals surface area contributed by atoms with Gasteiger partial charge in [0.15, 0.2) is 0 Å². The zero-order chi connectivity index (χ0) is 14.4. The van der Waals surface area contributed by atoms with Gasteiger partial charge in [-0.25, -0.2) is 5.43 Å². The van der Waals surface area contributed by atoms with E-state index in [0.29, 0.717) is 11.3 Å². The van der Waals surface area contributed by atoms with Crippen LogP contribution in [0.5, 0.6) is 0 Å². The van der Waals surface area contributed by atoms with Crippen LogP contribution in [0, 0.1) is 0 Å². The minimum absolute atomic E-state index is 0.368. The van der Waals surface area contributed by atoms with Gasteiger partial charge >= 0.3 is 0 Å². The standard InChI is InChI=1S/C15H15N3O2/c1-11(19)14(12-6-3-2-4-7-12)17-18-15(20)13-8-5-9-16-10-13/h2-11,19H,1H3,(H,18,20). The number of aliphatic hydroxyl groups is 1. The molecular formula is C15H15N3O2. The highest BCUT2D eigenvalue weighted by molar-refractivity contribution is 6.04. The van der Waals surface area contributed by atoms with Crippen molar-refractivity contribution in [3.05, 3.63) is 66.0 Å². The number of rotatable bonds is 4. The molecule has 1 amide bonds. The molecule has 102 valence electrons. The summed E-state index contributed by atoms with van der Waals surface area (Å²) in [5, 5.41) is 13.8. The van der Waals surface area contributed by atoms with Gasteiger partial charge in [-0.05, 0) is 19.1 Å². The second kappa shape index (κ2) is 6.58. The Morgan fingerprint density at radius 3 is 2.50 bits per heavy atom. The number of aromatic nitrogens is 1. The van der Waals surface area contributed by atoms with E-state index in [4.69, 9.17) is 0 Å².